The molecule has 0 amide bonds. The molecule has 5 heteroatoms. The van der Waals surface area contributed by atoms with Gasteiger partial charge in [0.15, 0.2) is 0 Å². The predicted octanol–water partition coefficient (Wildman–Crippen LogP) is 3.27. The molecule has 1 aromatic rings. The lowest BCUT2D eigenvalue weighted by atomic mass is 9.93. The summed E-state index contributed by atoms with van der Waals surface area (Å²) in [7, 11) is 0. The van der Waals surface area contributed by atoms with E-state index >= 15 is 0 Å². The van der Waals surface area contributed by atoms with Gasteiger partial charge in [-0.1, -0.05) is 6.07 Å². The van der Waals surface area contributed by atoms with Gasteiger partial charge in [0.05, 0.1) is 10.5 Å². The van der Waals surface area contributed by atoms with Crippen LogP contribution in [0.4, 0.5) is 11.4 Å². The van der Waals surface area contributed by atoms with Crippen LogP contribution in [0.3, 0.4) is 0 Å². The normalized spacial score (nSPS) is 21.9. The van der Waals surface area contributed by atoms with Crippen LogP contribution in [-0.2, 0) is 4.74 Å². The van der Waals surface area contributed by atoms with Gasteiger partial charge in [0.2, 0.25) is 0 Å². The minimum Gasteiger partial charge on any atom is -0.377 e. The zero-order valence-electron chi connectivity index (χ0n) is 11.6. The Morgan fingerprint density at radius 3 is 2.84 bits per heavy atom. The SMILES string of the molecule is Cc1ccc(NC2CCOC(C)(C)C2)c([N+](=O)[O-])c1. The summed E-state index contributed by atoms with van der Waals surface area (Å²) in [5.41, 5.74) is 1.46. The molecule has 1 aromatic carbocycles. The van der Waals surface area contributed by atoms with E-state index in [-0.39, 0.29) is 22.3 Å². The van der Waals surface area contributed by atoms with E-state index in [0.29, 0.717) is 12.3 Å². The fourth-order valence-corrected chi connectivity index (χ4v) is 2.49. The molecule has 0 bridgehead atoms. The highest BCUT2D eigenvalue weighted by molar-refractivity contribution is 5.63. The number of nitro benzene ring substituents is 1. The van der Waals surface area contributed by atoms with Gasteiger partial charge in [0, 0.05) is 18.7 Å². The van der Waals surface area contributed by atoms with Crippen LogP contribution in [0.5, 0.6) is 0 Å². The lowest BCUT2D eigenvalue weighted by molar-refractivity contribution is -0.384. The molecule has 0 radical (unpaired) electrons. The van der Waals surface area contributed by atoms with E-state index in [4.69, 9.17) is 4.74 Å². The van der Waals surface area contributed by atoms with Crippen LogP contribution >= 0.6 is 0 Å². The van der Waals surface area contributed by atoms with Crippen molar-refractivity contribution in [3.05, 3.63) is 33.9 Å². The van der Waals surface area contributed by atoms with Crippen molar-refractivity contribution >= 4 is 11.4 Å². The molecule has 1 atom stereocenters. The molecule has 1 unspecified atom stereocenters. The number of hydrogen-bond acceptors (Lipinski definition) is 4. The van der Waals surface area contributed by atoms with Crippen molar-refractivity contribution in [3.8, 4) is 0 Å². The second-order valence-corrected chi connectivity index (χ2v) is 5.72. The lowest BCUT2D eigenvalue weighted by Crippen LogP contribution is -2.40. The number of benzene rings is 1. The van der Waals surface area contributed by atoms with Crippen molar-refractivity contribution in [1.29, 1.82) is 0 Å². The summed E-state index contributed by atoms with van der Waals surface area (Å²) in [6.45, 7) is 6.63. The number of nitro groups is 1. The third kappa shape index (κ3) is 3.44. The maximum atomic E-state index is 11.1. The molecule has 5 nitrogen and oxygen atoms in total. The van der Waals surface area contributed by atoms with Crippen LogP contribution < -0.4 is 5.32 Å². The maximum absolute atomic E-state index is 11.1. The molecular weight excluding hydrogens is 244 g/mol. The molecule has 19 heavy (non-hydrogen) atoms. The molecule has 0 aliphatic carbocycles. The van der Waals surface area contributed by atoms with E-state index in [1.54, 1.807) is 12.1 Å². The second-order valence-electron chi connectivity index (χ2n) is 5.72. The Morgan fingerprint density at radius 1 is 1.47 bits per heavy atom. The van der Waals surface area contributed by atoms with Crippen LogP contribution in [0.2, 0.25) is 0 Å². The Hall–Kier alpha value is -1.62. The Kier molecular flexibility index (Phi) is 3.75. The highest BCUT2D eigenvalue weighted by Crippen LogP contribution is 2.30. The summed E-state index contributed by atoms with van der Waals surface area (Å²) in [5.74, 6) is 0. The molecule has 1 heterocycles. The smallest absolute Gasteiger partial charge is 0.292 e. The highest BCUT2D eigenvalue weighted by Gasteiger charge is 2.29. The third-order valence-electron chi connectivity index (χ3n) is 3.41. The van der Waals surface area contributed by atoms with Crippen LogP contribution in [0.1, 0.15) is 32.3 Å². The van der Waals surface area contributed by atoms with E-state index < -0.39 is 0 Å². The first-order chi connectivity index (χ1) is 8.87. The zero-order chi connectivity index (χ0) is 14.0. The van der Waals surface area contributed by atoms with E-state index in [2.05, 4.69) is 5.32 Å². The van der Waals surface area contributed by atoms with Gasteiger partial charge < -0.3 is 10.1 Å². The van der Waals surface area contributed by atoms with Crippen molar-refractivity contribution in [2.75, 3.05) is 11.9 Å². The van der Waals surface area contributed by atoms with Crippen molar-refractivity contribution in [3.63, 3.8) is 0 Å². The van der Waals surface area contributed by atoms with E-state index in [1.807, 2.05) is 26.8 Å². The average molecular weight is 264 g/mol. The van der Waals surface area contributed by atoms with Gasteiger partial charge in [-0.15, -0.1) is 0 Å². The number of aryl methyl sites for hydroxylation is 1. The highest BCUT2D eigenvalue weighted by atomic mass is 16.6. The minimum absolute atomic E-state index is 0.143. The molecule has 1 aliphatic heterocycles. The largest absolute Gasteiger partial charge is 0.377 e. The Balaban J connectivity index is 2.17. The number of ether oxygens (including phenoxy) is 1. The first kappa shape index (κ1) is 13.8. The standard InChI is InChI=1S/C14H20N2O3/c1-10-4-5-12(13(8-10)16(17)18)15-11-6-7-19-14(2,3)9-11/h4-5,8,11,15H,6-7,9H2,1-3H3. The van der Waals surface area contributed by atoms with Gasteiger partial charge in [0.25, 0.3) is 5.69 Å². The third-order valence-corrected chi connectivity index (χ3v) is 3.41. The summed E-state index contributed by atoms with van der Waals surface area (Å²) < 4.78 is 5.66. The topological polar surface area (TPSA) is 64.4 Å². The Morgan fingerprint density at radius 2 is 2.21 bits per heavy atom. The van der Waals surface area contributed by atoms with Crippen molar-refractivity contribution in [1.82, 2.24) is 0 Å². The van der Waals surface area contributed by atoms with Crippen LogP contribution in [0, 0.1) is 17.0 Å². The first-order valence-corrected chi connectivity index (χ1v) is 6.53. The molecule has 1 aliphatic rings. The molecule has 1 saturated heterocycles. The molecule has 0 spiro atoms. The predicted molar refractivity (Wildman–Crippen MR) is 74.5 cm³/mol. The molecule has 1 fully saturated rings. The number of nitrogens with one attached hydrogen (secondary N) is 1. The second kappa shape index (κ2) is 5.17. The number of hydrogen-bond donors (Lipinski definition) is 1. The van der Waals surface area contributed by atoms with E-state index in [9.17, 15) is 10.1 Å². The first-order valence-electron chi connectivity index (χ1n) is 6.53. The Bertz CT molecular complexity index is 486. The van der Waals surface area contributed by atoms with Crippen LogP contribution in [-0.4, -0.2) is 23.2 Å². The lowest BCUT2D eigenvalue weighted by Gasteiger charge is -2.36. The minimum atomic E-state index is -0.334. The van der Waals surface area contributed by atoms with Crippen LogP contribution in [0.15, 0.2) is 18.2 Å². The van der Waals surface area contributed by atoms with Gasteiger partial charge in [0.1, 0.15) is 5.69 Å². The summed E-state index contributed by atoms with van der Waals surface area (Å²) in [4.78, 5) is 10.8. The molecule has 2 rings (SSSR count). The van der Waals surface area contributed by atoms with Crippen molar-refractivity contribution in [2.45, 2.75) is 45.3 Å². The molecule has 0 saturated carbocycles. The summed E-state index contributed by atoms with van der Waals surface area (Å²) in [6, 6.07) is 5.49. The zero-order valence-corrected chi connectivity index (χ0v) is 11.6. The van der Waals surface area contributed by atoms with Gasteiger partial charge in [-0.05, 0) is 45.2 Å². The maximum Gasteiger partial charge on any atom is 0.292 e. The van der Waals surface area contributed by atoms with E-state index in [0.717, 1.165) is 18.4 Å². The van der Waals surface area contributed by atoms with Crippen molar-refractivity contribution in [2.24, 2.45) is 0 Å². The monoisotopic (exact) mass is 264 g/mol. The van der Waals surface area contributed by atoms with Crippen molar-refractivity contribution < 1.29 is 9.66 Å². The fourth-order valence-electron chi connectivity index (χ4n) is 2.49. The van der Waals surface area contributed by atoms with Gasteiger partial charge in [-0.25, -0.2) is 0 Å². The quantitative estimate of drug-likeness (QED) is 0.672. The van der Waals surface area contributed by atoms with Gasteiger partial charge in [-0.3, -0.25) is 10.1 Å². The number of nitrogens with zero attached hydrogens (tertiary/aromatic N) is 1. The molecule has 104 valence electrons. The van der Waals surface area contributed by atoms with Gasteiger partial charge >= 0.3 is 0 Å². The molecule has 0 aromatic heterocycles. The van der Waals surface area contributed by atoms with E-state index in [1.165, 1.54) is 0 Å². The summed E-state index contributed by atoms with van der Waals surface area (Å²) >= 11 is 0. The summed E-state index contributed by atoms with van der Waals surface area (Å²) in [6.07, 6.45) is 1.71. The number of rotatable bonds is 3. The average Bonchev–Trinajstić information content (AvgIpc) is 2.30. The summed E-state index contributed by atoms with van der Waals surface area (Å²) in [5, 5.41) is 14.4. The molecule has 1 N–H and O–H groups in total. The number of anilines is 1. The van der Waals surface area contributed by atoms with Crippen LogP contribution in [0.25, 0.3) is 0 Å². The van der Waals surface area contributed by atoms with Gasteiger partial charge in [-0.2, -0.15) is 0 Å². The Labute approximate surface area is 113 Å². The molecular formula is C14H20N2O3. The fraction of sp³-hybridized carbons (Fsp3) is 0.571.